The highest BCUT2D eigenvalue weighted by Crippen LogP contribution is 2.26. The van der Waals surface area contributed by atoms with E-state index in [-0.39, 0.29) is 0 Å². The van der Waals surface area contributed by atoms with Gasteiger partial charge < -0.3 is 0 Å². The lowest BCUT2D eigenvalue weighted by molar-refractivity contribution is 0.736. The van der Waals surface area contributed by atoms with Gasteiger partial charge in [-0.15, -0.1) is 0 Å². The van der Waals surface area contributed by atoms with Crippen LogP contribution in [0.4, 0.5) is 0 Å². The van der Waals surface area contributed by atoms with Crippen LogP contribution in [-0.2, 0) is 0 Å². The Kier molecular flexibility index (Phi) is 2.31. The molecule has 0 aliphatic heterocycles. The summed E-state index contributed by atoms with van der Waals surface area (Å²) < 4.78 is 0.951. The molecule has 0 N–H and O–H groups in total. The monoisotopic (exact) mass is 209 g/mol. The van der Waals surface area contributed by atoms with Gasteiger partial charge in [0.15, 0.2) is 0 Å². The van der Waals surface area contributed by atoms with Crippen LogP contribution in [0, 0.1) is 16.7 Å². The summed E-state index contributed by atoms with van der Waals surface area (Å²) in [7, 11) is 0. The number of hydrogen-bond acceptors (Lipinski definition) is 1. The Morgan fingerprint density at radius 2 is 2.27 bits per heavy atom. The van der Waals surface area contributed by atoms with E-state index in [9.17, 15) is 0 Å². The van der Waals surface area contributed by atoms with E-state index < -0.39 is 5.41 Å². The zero-order valence-electron chi connectivity index (χ0n) is 6.21. The summed E-state index contributed by atoms with van der Waals surface area (Å²) in [4.78, 5) is 0. The summed E-state index contributed by atoms with van der Waals surface area (Å²) in [6.07, 6.45) is 9.46. The summed E-state index contributed by atoms with van der Waals surface area (Å²) >= 11 is 3.34. The summed E-state index contributed by atoms with van der Waals surface area (Å²) in [5, 5.41) is 8.80. The van der Waals surface area contributed by atoms with Crippen LogP contribution in [-0.4, -0.2) is 0 Å². The average Bonchev–Trinajstić information content (AvgIpc) is 2.13. The highest BCUT2D eigenvalue weighted by molar-refractivity contribution is 9.11. The summed E-state index contributed by atoms with van der Waals surface area (Å²) in [5.41, 5.74) is -0.470. The molecule has 0 aromatic heterocycles. The first-order valence-electron chi connectivity index (χ1n) is 3.32. The Bertz CT molecular complexity index is 280. The molecule has 0 saturated carbocycles. The third-order valence-electron chi connectivity index (χ3n) is 1.49. The molecule has 0 bridgehead atoms. The van der Waals surface area contributed by atoms with Gasteiger partial charge in [-0.05, 0) is 19.1 Å². The predicted molar refractivity (Wildman–Crippen MR) is 49.0 cm³/mol. The lowest BCUT2D eigenvalue weighted by Gasteiger charge is -2.09. The van der Waals surface area contributed by atoms with E-state index in [1.165, 1.54) is 0 Å². The van der Waals surface area contributed by atoms with Crippen molar-refractivity contribution >= 4 is 15.9 Å². The number of nitriles is 1. The van der Waals surface area contributed by atoms with Gasteiger partial charge in [0.1, 0.15) is 0 Å². The molecule has 2 heteroatoms. The molecule has 11 heavy (non-hydrogen) atoms. The van der Waals surface area contributed by atoms with Gasteiger partial charge in [-0.2, -0.15) is 5.26 Å². The van der Waals surface area contributed by atoms with Gasteiger partial charge in [0, 0.05) is 4.48 Å². The minimum absolute atomic E-state index is 0.470. The van der Waals surface area contributed by atoms with Gasteiger partial charge >= 0.3 is 0 Å². The van der Waals surface area contributed by atoms with Gasteiger partial charge in [-0.25, -0.2) is 0 Å². The molecule has 0 fully saturated rings. The number of rotatable bonds is 0. The highest BCUT2D eigenvalue weighted by atomic mass is 79.9. The average molecular weight is 210 g/mol. The Labute approximate surface area is 74.8 Å². The van der Waals surface area contributed by atoms with Gasteiger partial charge in [0.2, 0.25) is 0 Å². The minimum atomic E-state index is -0.470. The molecule has 0 aromatic rings. The minimum Gasteiger partial charge on any atom is -0.197 e. The van der Waals surface area contributed by atoms with Crippen molar-refractivity contribution in [3.8, 4) is 6.07 Å². The second-order valence-corrected chi connectivity index (χ2v) is 3.56. The van der Waals surface area contributed by atoms with Gasteiger partial charge in [-0.1, -0.05) is 34.2 Å². The van der Waals surface area contributed by atoms with Crippen LogP contribution in [0.15, 0.2) is 34.9 Å². The second kappa shape index (κ2) is 3.06. The molecule has 0 aromatic carbocycles. The van der Waals surface area contributed by atoms with Crippen molar-refractivity contribution < 1.29 is 0 Å². The molecule has 1 aliphatic rings. The standard InChI is InChI=1S/C9H8BrN/c1-9(7-11)5-3-2-4-8(10)6-9/h2-6H,1H3. The fraction of sp³-hybridized carbons (Fsp3) is 0.222. The van der Waals surface area contributed by atoms with Crippen molar-refractivity contribution in [2.24, 2.45) is 5.41 Å². The van der Waals surface area contributed by atoms with Crippen molar-refractivity contribution in [3.05, 3.63) is 34.9 Å². The predicted octanol–water partition coefficient (Wildman–Crippen LogP) is 2.92. The topological polar surface area (TPSA) is 23.8 Å². The van der Waals surface area contributed by atoms with Crippen molar-refractivity contribution in [1.29, 1.82) is 5.26 Å². The molecule has 0 saturated heterocycles. The van der Waals surface area contributed by atoms with E-state index in [1.54, 1.807) is 0 Å². The molecule has 0 heterocycles. The van der Waals surface area contributed by atoms with Crippen LogP contribution in [0.1, 0.15) is 6.92 Å². The molecule has 1 aliphatic carbocycles. The lowest BCUT2D eigenvalue weighted by Crippen LogP contribution is -2.04. The van der Waals surface area contributed by atoms with Gasteiger partial charge in [0.05, 0.1) is 11.5 Å². The first-order valence-corrected chi connectivity index (χ1v) is 4.11. The van der Waals surface area contributed by atoms with Crippen LogP contribution in [0.5, 0.6) is 0 Å². The fourth-order valence-corrected chi connectivity index (χ4v) is 1.48. The maximum atomic E-state index is 8.80. The number of hydrogen-bond donors (Lipinski definition) is 0. The van der Waals surface area contributed by atoms with Crippen LogP contribution in [0.25, 0.3) is 0 Å². The molecule has 0 radical (unpaired) electrons. The molecular formula is C9H8BrN. The quantitative estimate of drug-likeness (QED) is 0.602. The fourth-order valence-electron chi connectivity index (χ4n) is 0.855. The van der Waals surface area contributed by atoms with Crippen molar-refractivity contribution in [3.63, 3.8) is 0 Å². The van der Waals surface area contributed by atoms with Gasteiger partial charge in [-0.3, -0.25) is 0 Å². The maximum absolute atomic E-state index is 8.80. The van der Waals surface area contributed by atoms with E-state index in [4.69, 9.17) is 5.26 Å². The van der Waals surface area contributed by atoms with Crippen molar-refractivity contribution in [2.75, 3.05) is 0 Å². The van der Waals surface area contributed by atoms with E-state index in [1.807, 2.05) is 37.3 Å². The molecule has 1 rings (SSSR count). The van der Waals surface area contributed by atoms with Crippen molar-refractivity contribution in [1.82, 2.24) is 0 Å². The van der Waals surface area contributed by atoms with Gasteiger partial charge in [0.25, 0.3) is 0 Å². The zero-order chi connectivity index (χ0) is 8.32. The molecule has 0 spiro atoms. The molecule has 0 amide bonds. The lowest BCUT2D eigenvalue weighted by atomic mass is 9.92. The van der Waals surface area contributed by atoms with E-state index in [0.29, 0.717) is 0 Å². The van der Waals surface area contributed by atoms with E-state index in [0.717, 1.165) is 4.48 Å². The third kappa shape index (κ3) is 2.06. The summed E-state index contributed by atoms with van der Waals surface area (Å²) in [6, 6.07) is 2.22. The second-order valence-electron chi connectivity index (χ2n) is 2.64. The van der Waals surface area contributed by atoms with E-state index in [2.05, 4.69) is 22.0 Å². The third-order valence-corrected chi connectivity index (χ3v) is 1.98. The maximum Gasteiger partial charge on any atom is 0.0922 e. The molecule has 1 nitrogen and oxygen atoms in total. The Balaban J connectivity index is 3.05. The summed E-state index contributed by atoms with van der Waals surface area (Å²) in [6.45, 7) is 1.87. The molecular weight excluding hydrogens is 202 g/mol. The number of halogens is 1. The molecule has 1 atom stereocenters. The molecule has 1 unspecified atom stereocenters. The van der Waals surface area contributed by atoms with Crippen LogP contribution in [0.3, 0.4) is 0 Å². The van der Waals surface area contributed by atoms with Crippen LogP contribution < -0.4 is 0 Å². The summed E-state index contributed by atoms with van der Waals surface area (Å²) in [5.74, 6) is 0. The first kappa shape index (κ1) is 8.29. The molecule has 56 valence electrons. The van der Waals surface area contributed by atoms with Crippen LogP contribution in [0.2, 0.25) is 0 Å². The van der Waals surface area contributed by atoms with Crippen LogP contribution >= 0.6 is 15.9 Å². The largest absolute Gasteiger partial charge is 0.197 e. The normalized spacial score (nSPS) is 29.0. The first-order chi connectivity index (χ1) is 5.16. The van der Waals surface area contributed by atoms with E-state index >= 15 is 0 Å². The van der Waals surface area contributed by atoms with Crippen molar-refractivity contribution in [2.45, 2.75) is 6.92 Å². The number of allylic oxidation sites excluding steroid dienone is 6. The Hall–Kier alpha value is -0.810. The highest BCUT2D eigenvalue weighted by Gasteiger charge is 2.17. The Morgan fingerprint density at radius 3 is 2.91 bits per heavy atom. The SMILES string of the molecule is CC1(C#N)C=CC=CC(Br)=C1. The zero-order valence-corrected chi connectivity index (χ0v) is 7.80. The Morgan fingerprint density at radius 1 is 1.55 bits per heavy atom. The number of nitrogens with zero attached hydrogens (tertiary/aromatic N) is 1. The smallest absolute Gasteiger partial charge is 0.0922 e.